The zero-order valence-electron chi connectivity index (χ0n) is 10.4. The molecule has 2 N–H and O–H groups in total. The Hall–Kier alpha value is -1.46. The van der Waals surface area contributed by atoms with Crippen molar-refractivity contribution in [1.29, 1.82) is 5.26 Å². The Bertz CT molecular complexity index is 520. The summed E-state index contributed by atoms with van der Waals surface area (Å²) in [6, 6.07) is 7.62. The molecule has 19 heavy (non-hydrogen) atoms. The highest BCUT2D eigenvalue weighted by Gasteiger charge is 2.12. The Morgan fingerprint density at radius 1 is 1.26 bits per heavy atom. The Morgan fingerprint density at radius 2 is 1.95 bits per heavy atom. The second-order valence-electron chi connectivity index (χ2n) is 3.72. The average molecular weight is 284 g/mol. The molecule has 1 rings (SSSR count). The third-order valence-corrected chi connectivity index (χ3v) is 3.76. The molecule has 0 unspecified atom stereocenters. The fourth-order valence-corrected chi connectivity index (χ4v) is 2.41. The first-order valence-electron chi connectivity index (χ1n) is 5.78. The van der Waals surface area contributed by atoms with Crippen LogP contribution in [0, 0.1) is 11.3 Å². The van der Waals surface area contributed by atoms with Crippen LogP contribution in [-0.4, -0.2) is 39.9 Å². The quantitative estimate of drug-likeness (QED) is 0.666. The number of hydrogen-bond donors (Lipinski definition) is 2. The number of benzene rings is 1. The van der Waals surface area contributed by atoms with Gasteiger partial charge in [0.2, 0.25) is 10.0 Å². The Morgan fingerprint density at radius 3 is 2.53 bits per heavy atom. The van der Waals surface area contributed by atoms with E-state index in [1.807, 2.05) is 6.07 Å². The molecular formula is C12H16N2O4S. The third-order valence-electron chi connectivity index (χ3n) is 2.29. The molecule has 0 aliphatic rings. The van der Waals surface area contributed by atoms with Crippen LogP contribution < -0.4 is 4.72 Å². The van der Waals surface area contributed by atoms with Crippen LogP contribution in [0.5, 0.6) is 0 Å². The molecule has 0 atom stereocenters. The second kappa shape index (κ2) is 7.86. The molecule has 0 bridgehead atoms. The molecule has 0 aliphatic heterocycles. The smallest absolute Gasteiger partial charge is 0.240 e. The molecule has 0 heterocycles. The molecule has 0 aliphatic carbocycles. The van der Waals surface area contributed by atoms with E-state index in [1.165, 1.54) is 24.3 Å². The molecule has 104 valence electrons. The van der Waals surface area contributed by atoms with Crippen molar-refractivity contribution in [2.75, 3.05) is 26.4 Å². The fraction of sp³-hybridized carbons (Fsp3) is 0.417. The standard InChI is InChI=1S/C12H16N2O4S/c13-10-11-2-4-12(5-3-11)19(16,17)14-6-1-8-18-9-7-15/h2-5,14-15H,1,6-9H2. The van der Waals surface area contributed by atoms with Crippen LogP contribution in [0.4, 0.5) is 0 Å². The van der Waals surface area contributed by atoms with Crippen molar-refractivity contribution < 1.29 is 18.3 Å². The van der Waals surface area contributed by atoms with E-state index in [4.69, 9.17) is 15.1 Å². The van der Waals surface area contributed by atoms with E-state index in [1.54, 1.807) is 0 Å². The number of nitriles is 1. The summed E-state index contributed by atoms with van der Waals surface area (Å²) in [4.78, 5) is 0.128. The van der Waals surface area contributed by atoms with E-state index in [0.29, 0.717) is 18.6 Å². The van der Waals surface area contributed by atoms with Crippen molar-refractivity contribution in [3.8, 4) is 6.07 Å². The molecule has 6 nitrogen and oxygen atoms in total. The van der Waals surface area contributed by atoms with Gasteiger partial charge >= 0.3 is 0 Å². The zero-order valence-corrected chi connectivity index (χ0v) is 11.2. The van der Waals surface area contributed by atoms with Gasteiger partial charge in [-0.2, -0.15) is 5.26 Å². The lowest BCUT2D eigenvalue weighted by molar-refractivity contribution is 0.0913. The number of nitrogens with zero attached hydrogens (tertiary/aromatic N) is 1. The maximum Gasteiger partial charge on any atom is 0.240 e. The Labute approximate surface area is 112 Å². The molecule has 1 aromatic carbocycles. The van der Waals surface area contributed by atoms with E-state index in [0.717, 1.165) is 0 Å². The molecule has 0 spiro atoms. The molecular weight excluding hydrogens is 268 g/mol. The Kier molecular flexibility index (Phi) is 6.45. The van der Waals surface area contributed by atoms with Crippen molar-refractivity contribution in [2.24, 2.45) is 0 Å². The summed E-state index contributed by atoms with van der Waals surface area (Å²) < 4.78 is 31.1. The molecule has 0 aromatic heterocycles. The monoisotopic (exact) mass is 284 g/mol. The van der Waals surface area contributed by atoms with Crippen LogP contribution in [0.2, 0.25) is 0 Å². The number of aliphatic hydroxyl groups excluding tert-OH is 1. The van der Waals surface area contributed by atoms with E-state index >= 15 is 0 Å². The summed E-state index contributed by atoms with van der Waals surface area (Å²) in [5.41, 5.74) is 0.413. The predicted molar refractivity (Wildman–Crippen MR) is 68.9 cm³/mol. The van der Waals surface area contributed by atoms with Crippen LogP contribution >= 0.6 is 0 Å². The number of rotatable bonds is 8. The summed E-state index contributed by atoms with van der Waals surface area (Å²) in [5, 5.41) is 17.1. The summed E-state index contributed by atoms with van der Waals surface area (Å²) in [6.45, 7) is 0.851. The minimum absolute atomic E-state index is 0.0447. The number of sulfonamides is 1. The number of nitrogens with one attached hydrogen (secondary N) is 1. The summed E-state index contributed by atoms with van der Waals surface area (Å²) in [7, 11) is -3.54. The molecule has 7 heteroatoms. The zero-order chi connectivity index (χ0) is 14.1. The second-order valence-corrected chi connectivity index (χ2v) is 5.49. The largest absolute Gasteiger partial charge is 0.394 e. The predicted octanol–water partition coefficient (Wildman–Crippen LogP) is 0.236. The van der Waals surface area contributed by atoms with Crippen molar-refractivity contribution in [3.63, 3.8) is 0 Å². The number of hydrogen-bond acceptors (Lipinski definition) is 5. The first kappa shape index (κ1) is 15.6. The van der Waals surface area contributed by atoms with Gasteiger partial charge in [-0.25, -0.2) is 13.1 Å². The van der Waals surface area contributed by atoms with E-state index in [9.17, 15) is 8.42 Å². The molecule has 0 radical (unpaired) electrons. The van der Waals surface area contributed by atoms with E-state index < -0.39 is 10.0 Å². The topological polar surface area (TPSA) is 99.4 Å². The minimum atomic E-state index is -3.54. The Balaban J connectivity index is 2.45. The molecule has 0 amide bonds. The van der Waals surface area contributed by atoms with Crippen molar-refractivity contribution in [3.05, 3.63) is 29.8 Å². The molecule has 0 fully saturated rings. The van der Waals surface area contributed by atoms with Gasteiger partial charge in [-0.15, -0.1) is 0 Å². The molecule has 0 saturated carbocycles. The highest BCUT2D eigenvalue weighted by atomic mass is 32.2. The van der Waals surface area contributed by atoms with Crippen LogP contribution in [0.15, 0.2) is 29.2 Å². The summed E-state index contributed by atoms with van der Waals surface area (Å²) in [6.07, 6.45) is 0.523. The van der Waals surface area contributed by atoms with Crippen LogP contribution in [-0.2, 0) is 14.8 Å². The first-order valence-corrected chi connectivity index (χ1v) is 7.27. The number of ether oxygens (including phenoxy) is 1. The summed E-state index contributed by atoms with van der Waals surface area (Å²) >= 11 is 0. The first-order chi connectivity index (χ1) is 9.10. The van der Waals surface area contributed by atoms with Crippen molar-refractivity contribution >= 4 is 10.0 Å². The molecule has 1 aromatic rings. The van der Waals surface area contributed by atoms with Gasteiger partial charge in [-0.05, 0) is 30.7 Å². The minimum Gasteiger partial charge on any atom is -0.394 e. The van der Waals surface area contributed by atoms with Gasteiger partial charge in [-0.3, -0.25) is 0 Å². The van der Waals surface area contributed by atoms with Gasteiger partial charge in [0.05, 0.1) is 29.7 Å². The van der Waals surface area contributed by atoms with Crippen molar-refractivity contribution in [1.82, 2.24) is 4.72 Å². The van der Waals surface area contributed by atoms with Gasteiger partial charge in [0.1, 0.15) is 0 Å². The van der Waals surface area contributed by atoms with Crippen LogP contribution in [0.25, 0.3) is 0 Å². The van der Waals surface area contributed by atoms with Gasteiger partial charge in [-0.1, -0.05) is 0 Å². The highest BCUT2D eigenvalue weighted by Crippen LogP contribution is 2.09. The van der Waals surface area contributed by atoms with Gasteiger partial charge in [0.15, 0.2) is 0 Å². The summed E-state index contributed by atoms with van der Waals surface area (Å²) in [5.74, 6) is 0. The lowest BCUT2D eigenvalue weighted by Crippen LogP contribution is -2.25. The third kappa shape index (κ3) is 5.36. The van der Waals surface area contributed by atoms with E-state index in [2.05, 4.69) is 4.72 Å². The van der Waals surface area contributed by atoms with E-state index in [-0.39, 0.29) is 24.7 Å². The average Bonchev–Trinajstić information content (AvgIpc) is 2.43. The molecule has 0 saturated heterocycles. The SMILES string of the molecule is N#Cc1ccc(S(=O)(=O)NCCCOCCO)cc1. The van der Waals surface area contributed by atoms with Crippen LogP contribution in [0.3, 0.4) is 0 Å². The van der Waals surface area contributed by atoms with Crippen molar-refractivity contribution in [2.45, 2.75) is 11.3 Å². The lowest BCUT2D eigenvalue weighted by Gasteiger charge is -2.07. The normalized spacial score (nSPS) is 11.2. The fourth-order valence-electron chi connectivity index (χ4n) is 1.34. The van der Waals surface area contributed by atoms with Crippen LogP contribution in [0.1, 0.15) is 12.0 Å². The highest BCUT2D eigenvalue weighted by molar-refractivity contribution is 7.89. The number of aliphatic hydroxyl groups is 1. The van der Waals surface area contributed by atoms with Gasteiger partial charge < -0.3 is 9.84 Å². The van der Waals surface area contributed by atoms with Gasteiger partial charge in [0.25, 0.3) is 0 Å². The lowest BCUT2D eigenvalue weighted by atomic mass is 10.2. The maximum absolute atomic E-state index is 11.8. The maximum atomic E-state index is 11.8. The van der Waals surface area contributed by atoms with Gasteiger partial charge in [0, 0.05) is 13.2 Å².